The number of nitrogens with two attached hydrogens (primary N) is 1. The normalized spacial score (nSPS) is 12.3. The number of fused-ring (bicyclic) bond motifs is 3. The fourth-order valence-corrected chi connectivity index (χ4v) is 2.93. The van der Waals surface area contributed by atoms with Gasteiger partial charge in [-0.3, -0.25) is 0 Å². The largest absolute Gasteiger partial charge is 0.494 e. The van der Waals surface area contributed by atoms with Crippen molar-refractivity contribution in [1.29, 1.82) is 0 Å². The first kappa shape index (κ1) is 9.66. The van der Waals surface area contributed by atoms with Gasteiger partial charge in [-0.2, -0.15) is 0 Å². The Morgan fingerprint density at radius 1 is 1.50 bits per heavy atom. The first-order valence-electron chi connectivity index (χ1n) is 5.29. The van der Waals surface area contributed by atoms with Crippen molar-refractivity contribution < 1.29 is 4.74 Å². The minimum atomic E-state index is 0.650. The van der Waals surface area contributed by atoms with E-state index in [1.165, 1.54) is 16.0 Å². The van der Waals surface area contributed by atoms with Gasteiger partial charge in [0.2, 0.25) is 0 Å². The van der Waals surface area contributed by atoms with Crippen LogP contribution < -0.4 is 10.5 Å². The van der Waals surface area contributed by atoms with E-state index in [1.54, 1.807) is 11.3 Å². The molecule has 0 bridgehead atoms. The molecule has 2 aromatic rings. The van der Waals surface area contributed by atoms with Crippen LogP contribution in [0.15, 0.2) is 18.2 Å². The highest BCUT2D eigenvalue weighted by Crippen LogP contribution is 2.41. The van der Waals surface area contributed by atoms with Crippen LogP contribution >= 0.6 is 11.3 Å². The van der Waals surface area contributed by atoms with Crippen molar-refractivity contribution in [2.45, 2.75) is 13.3 Å². The number of nitrogens with zero attached hydrogens (tertiary/aromatic N) is 1. The van der Waals surface area contributed by atoms with Crippen LogP contribution in [-0.2, 0) is 6.42 Å². The molecule has 2 N–H and O–H groups in total. The first-order valence-corrected chi connectivity index (χ1v) is 6.11. The quantitative estimate of drug-likeness (QED) is 0.739. The molecule has 0 unspecified atom stereocenters. The van der Waals surface area contributed by atoms with Gasteiger partial charge < -0.3 is 10.5 Å². The van der Waals surface area contributed by atoms with Crippen molar-refractivity contribution in [2.75, 3.05) is 12.3 Å². The molecule has 0 aliphatic heterocycles. The predicted octanol–water partition coefficient (Wildman–Crippen LogP) is 2.70. The molecule has 3 rings (SSSR count). The number of benzene rings is 1. The van der Waals surface area contributed by atoms with Gasteiger partial charge in [0, 0.05) is 16.9 Å². The standard InChI is InChI=1S/C12H12N2OS/c1-2-15-8-4-3-7-5-10-11(9(7)6-8)14-12(13)16-10/h3-4,6H,2,5H2,1H3,(H2,13,14). The molecule has 1 heterocycles. The molecular formula is C12H12N2OS. The highest BCUT2D eigenvalue weighted by Gasteiger charge is 2.23. The van der Waals surface area contributed by atoms with Crippen LogP contribution in [0.5, 0.6) is 5.75 Å². The van der Waals surface area contributed by atoms with Crippen LogP contribution in [0.4, 0.5) is 5.13 Å². The van der Waals surface area contributed by atoms with E-state index < -0.39 is 0 Å². The monoisotopic (exact) mass is 232 g/mol. The minimum absolute atomic E-state index is 0.650. The number of aromatic nitrogens is 1. The SMILES string of the molecule is CCOc1ccc2c(c1)-c1nc(N)sc1C2. The second-order valence-electron chi connectivity index (χ2n) is 3.75. The van der Waals surface area contributed by atoms with Crippen LogP contribution in [0, 0.1) is 0 Å². The summed E-state index contributed by atoms with van der Waals surface area (Å²) in [6.45, 7) is 2.67. The summed E-state index contributed by atoms with van der Waals surface area (Å²) in [7, 11) is 0. The Bertz CT molecular complexity index is 548. The van der Waals surface area contributed by atoms with E-state index in [4.69, 9.17) is 10.5 Å². The molecule has 0 saturated heterocycles. The summed E-state index contributed by atoms with van der Waals surface area (Å²) >= 11 is 1.58. The van der Waals surface area contributed by atoms with Gasteiger partial charge in [0.1, 0.15) is 5.75 Å². The van der Waals surface area contributed by atoms with Crippen LogP contribution in [0.25, 0.3) is 11.3 Å². The van der Waals surface area contributed by atoms with Crippen molar-refractivity contribution in [3.05, 3.63) is 28.6 Å². The second-order valence-corrected chi connectivity index (χ2v) is 4.87. The van der Waals surface area contributed by atoms with E-state index >= 15 is 0 Å². The molecule has 1 aliphatic rings. The summed E-state index contributed by atoms with van der Waals surface area (Å²) < 4.78 is 5.50. The Balaban J connectivity index is 2.10. The Kier molecular flexibility index (Phi) is 2.11. The summed E-state index contributed by atoms with van der Waals surface area (Å²) in [5.74, 6) is 0.903. The summed E-state index contributed by atoms with van der Waals surface area (Å²) in [6, 6.07) is 6.19. The zero-order valence-electron chi connectivity index (χ0n) is 8.99. The number of ether oxygens (including phenoxy) is 1. The summed E-state index contributed by atoms with van der Waals surface area (Å²) in [4.78, 5) is 5.64. The number of anilines is 1. The molecular weight excluding hydrogens is 220 g/mol. The van der Waals surface area contributed by atoms with Crippen LogP contribution in [0.2, 0.25) is 0 Å². The van der Waals surface area contributed by atoms with Gasteiger partial charge in [0.25, 0.3) is 0 Å². The van der Waals surface area contributed by atoms with Gasteiger partial charge in [0.15, 0.2) is 5.13 Å². The lowest BCUT2D eigenvalue weighted by Gasteiger charge is -2.05. The second kappa shape index (κ2) is 3.49. The lowest BCUT2D eigenvalue weighted by atomic mass is 10.1. The lowest BCUT2D eigenvalue weighted by molar-refractivity contribution is 0.340. The van der Waals surface area contributed by atoms with E-state index in [-0.39, 0.29) is 0 Å². The zero-order valence-corrected chi connectivity index (χ0v) is 9.80. The van der Waals surface area contributed by atoms with Gasteiger partial charge >= 0.3 is 0 Å². The van der Waals surface area contributed by atoms with Crippen molar-refractivity contribution >= 4 is 16.5 Å². The van der Waals surface area contributed by atoms with E-state index in [2.05, 4.69) is 17.1 Å². The minimum Gasteiger partial charge on any atom is -0.494 e. The average Bonchev–Trinajstić information content (AvgIpc) is 2.75. The molecule has 0 atom stereocenters. The maximum Gasteiger partial charge on any atom is 0.180 e. The van der Waals surface area contributed by atoms with E-state index in [1.807, 2.05) is 13.0 Å². The molecule has 3 nitrogen and oxygen atoms in total. The van der Waals surface area contributed by atoms with Gasteiger partial charge in [-0.15, -0.1) is 11.3 Å². The third-order valence-corrected chi connectivity index (χ3v) is 3.60. The van der Waals surface area contributed by atoms with Crippen LogP contribution in [-0.4, -0.2) is 11.6 Å². The van der Waals surface area contributed by atoms with E-state index in [0.717, 1.165) is 17.9 Å². The molecule has 0 amide bonds. The molecule has 82 valence electrons. The molecule has 1 aliphatic carbocycles. The van der Waals surface area contributed by atoms with Gasteiger partial charge in [-0.1, -0.05) is 6.07 Å². The Labute approximate surface area is 97.9 Å². The third kappa shape index (κ3) is 1.38. The number of nitrogen functional groups attached to an aromatic ring is 1. The van der Waals surface area contributed by atoms with Crippen molar-refractivity contribution in [3.63, 3.8) is 0 Å². The highest BCUT2D eigenvalue weighted by atomic mass is 32.1. The van der Waals surface area contributed by atoms with E-state index in [9.17, 15) is 0 Å². The number of hydrogen-bond acceptors (Lipinski definition) is 4. The molecule has 16 heavy (non-hydrogen) atoms. The number of thiazole rings is 1. The van der Waals surface area contributed by atoms with Crippen molar-refractivity contribution in [3.8, 4) is 17.0 Å². The highest BCUT2D eigenvalue weighted by molar-refractivity contribution is 7.15. The van der Waals surface area contributed by atoms with Crippen LogP contribution in [0.3, 0.4) is 0 Å². The van der Waals surface area contributed by atoms with Gasteiger partial charge in [-0.25, -0.2) is 4.98 Å². The van der Waals surface area contributed by atoms with Gasteiger partial charge in [-0.05, 0) is 24.6 Å². The van der Waals surface area contributed by atoms with Crippen molar-refractivity contribution in [2.24, 2.45) is 0 Å². The Hall–Kier alpha value is -1.55. The molecule has 4 heteroatoms. The molecule has 1 aromatic heterocycles. The lowest BCUT2D eigenvalue weighted by Crippen LogP contribution is -1.92. The Morgan fingerprint density at radius 2 is 2.38 bits per heavy atom. The maximum absolute atomic E-state index is 5.72. The molecule has 1 aromatic carbocycles. The summed E-state index contributed by atoms with van der Waals surface area (Å²) in [5, 5.41) is 0.650. The predicted molar refractivity (Wildman–Crippen MR) is 65.9 cm³/mol. The Morgan fingerprint density at radius 3 is 3.19 bits per heavy atom. The molecule has 0 fully saturated rings. The fourth-order valence-electron chi connectivity index (χ4n) is 2.06. The average molecular weight is 232 g/mol. The fraction of sp³-hybridized carbons (Fsp3) is 0.250. The summed E-state index contributed by atoms with van der Waals surface area (Å²) in [5.41, 5.74) is 9.25. The third-order valence-electron chi connectivity index (χ3n) is 2.71. The van der Waals surface area contributed by atoms with E-state index in [0.29, 0.717) is 11.7 Å². The molecule has 0 radical (unpaired) electrons. The molecule has 0 spiro atoms. The number of hydrogen-bond donors (Lipinski definition) is 1. The van der Waals surface area contributed by atoms with Gasteiger partial charge in [0.05, 0.1) is 12.3 Å². The number of rotatable bonds is 2. The zero-order chi connectivity index (χ0) is 11.1. The topological polar surface area (TPSA) is 48.1 Å². The first-order chi connectivity index (χ1) is 7.78. The van der Waals surface area contributed by atoms with Crippen molar-refractivity contribution in [1.82, 2.24) is 4.98 Å². The smallest absolute Gasteiger partial charge is 0.180 e. The molecule has 0 saturated carbocycles. The summed E-state index contributed by atoms with van der Waals surface area (Å²) in [6.07, 6.45) is 0.950. The maximum atomic E-state index is 5.72. The van der Waals surface area contributed by atoms with Crippen LogP contribution in [0.1, 0.15) is 17.4 Å².